The van der Waals surface area contributed by atoms with Crippen LogP contribution in [0.3, 0.4) is 0 Å². The third-order valence-corrected chi connectivity index (χ3v) is 2.58. The minimum absolute atomic E-state index is 0.282. The molecular weight excluding hydrogens is 282 g/mol. The van der Waals surface area contributed by atoms with Crippen molar-refractivity contribution in [3.05, 3.63) is 52.6 Å². The van der Waals surface area contributed by atoms with Crippen LogP contribution in [0, 0.1) is 0 Å². The molecule has 0 saturated heterocycles. The van der Waals surface area contributed by atoms with E-state index in [9.17, 15) is 4.79 Å². The summed E-state index contributed by atoms with van der Waals surface area (Å²) in [5.41, 5.74) is 6.51. The number of halogens is 1. The minimum atomic E-state index is -0.282. The number of nitrogen functional groups attached to an aromatic ring is 1. The first-order valence-electron chi connectivity index (χ1n) is 4.94. The Kier molecular flexibility index (Phi) is 3.39. The van der Waals surface area contributed by atoms with E-state index in [0.717, 1.165) is 4.47 Å². The van der Waals surface area contributed by atoms with E-state index in [2.05, 4.69) is 26.2 Å². The number of nitrogens with two attached hydrogens (primary N) is 1. The SMILES string of the molecule is Nc1cccc(C(=O)Nc2cccc(Br)c2)n1. The monoisotopic (exact) mass is 291 g/mol. The highest BCUT2D eigenvalue weighted by atomic mass is 79.9. The average molecular weight is 292 g/mol. The van der Waals surface area contributed by atoms with Crippen molar-refractivity contribution >= 4 is 33.3 Å². The lowest BCUT2D eigenvalue weighted by atomic mass is 10.3. The predicted molar refractivity (Wildman–Crippen MR) is 70.7 cm³/mol. The van der Waals surface area contributed by atoms with Gasteiger partial charge in [0.15, 0.2) is 0 Å². The van der Waals surface area contributed by atoms with E-state index in [4.69, 9.17) is 5.73 Å². The lowest BCUT2D eigenvalue weighted by Gasteiger charge is -2.05. The molecule has 1 amide bonds. The molecule has 0 unspecified atom stereocenters. The molecule has 0 bridgehead atoms. The number of carbonyl (C=O) groups excluding carboxylic acids is 1. The molecule has 0 saturated carbocycles. The van der Waals surface area contributed by atoms with Crippen molar-refractivity contribution in [3.63, 3.8) is 0 Å². The third-order valence-electron chi connectivity index (χ3n) is 2.09. The van der Waals surface area contributed by atoms with Crippen molar-refractivity contribution in [2.45, 2.75) is 0 Å². The lowest BCUT2D eigenvalue weighted by molar-refractivity contribution is 0.102. The number of nitrogens with one attached hydrogen (secondary N) is 1. The number of carbonyl (C=O) groups is 1. The number of nitrogens with zero attached hydrogens (tertiary/aromatic N) is 1. The van der Waals surface area contributed by atoms with Crippen LogP contribution < -0.4 is 11.1 Å². The number of pyridine rings is 1. The van der Waals surface area contributed by atoms with Gasteiger partial charge in [-0.3, -0.25) is 4.79 Å². The summed E-state index contributed by atoms with van der Waals surface area (Å²) in [5, 5.41) is 2.74. The maximum Gasteiger partial charge on any atom is 0.274 e. The molecule has 2 rings (SSSR count). The van der Waals surface area contributed by atoms with Crippen LogP contribution in [0.25, 0.3) is 0 Å². The smallest absolute Gasteiger partial charge is 0.274 e. The summed E-state index contributed by atoms with van der Waals surface area (Å²) in [6.45, 7) is 0. The zero-order valence-corrected chi connectivity index (χ0v) is 10.4. The summed E-state index contributed by atoms with van der Waals surface area (Å²) >= 11 is 3.33. The minimum Gasteiger partial charge on any atom is -0.384 e. The van der Waals surface area contributed by atoms with E-state index < -0.39 is 0 Å². The Hall–Kier alpha value is -1.88. The first-order chi connectivity index (χ1) is 8.15. The van der Waals surface area contributed by atoms with Gasteiger partial charge in [0.05, 0.1) is 0 Å². The Bertz CT molecular complexity index is 557. The van der Waals surface area contributed by atoms with Gasteiger partial charge in [-0.25, -0.2) is 4.98 Å². The van der Waals surface area contributed by atoms with Crippen LogP contribution in [0.15, 0.2) is 46.9 Å². The lowest BCUT2D eigenvalue weighted by Crippen LogP contribution is -2.14. The summed E-state index contributed by atoms with van der Waals surface area (Å²) in [4.78, 5) is 15.8. The summed E-state index contributed by atoms with van der Waals surface area (Å²) in [6, 6.07) is 12.3. The number of aromatic nitrogens is 1. The fourth-order valence-corrected chi connectivity index (χ4v) is 1.74. The first-order valence-corrected chi connectivity index (χ1v) is 5.74. The number of hydrogen-bond donors (Lipinski definition) is 2. The van der Waals surface area contributed by atoms with E-state index in [0.29, 0.717) is 17.2 Å². The summed E-state index contributed by atoms with van der Waals surface area (Å²) < 4.78 is 0.899. The predicted octanol–water partition coefficient (Wildman–Crippen LogP) is 2.68. The molecular formula is C12H10BrN3O. The van der Waals surface area contributed by atoms with Gasteiger partial charge in [-0.05, 0) is 30.3 Å². The van der Waals surface area contributed by atoms with Crippen molar-refractivity contribution in [2.24, 2.45) is 0 Å². The van der Waals surface area contributed by atoms with Crippen molar-refractivity contribution in [1.82, 2.24) is 4.98 Å². The molecule has 17 heavy (non-hydrogen) atoms. The first kappa shape index (κ1) is 11.6. The summed E-state index contributed by atoms with van der Waals surface area (Å²) in [6.07, 6.45) is 0. The molecule has 0 spiro atoms. The zero-order chi connectivity index (χ0) is 12.3. The van der Waals surface area contributed by atoms with Gasteiger partial charge in [-0.15, -0.1) is 0 Å². The second kappa shape index (κ2) is 4.97. The molecule has 1 aromatic heterocycles. The van der Waals surface area contributed by atoms with Gasteiger partial charge in [0, 0.05) is 10.2 Å². The van der Waals surface area contributed by atoms with Gasteiger partial charge in [0.1, 0.15) is 11.5 Å². The maximum atomic E-state index is 11.8. The van der Waals surface area contributed by atoms with Gasteiger partial charge in [0.25, 0.3) is 5.91 Å². The highest BCUT2D eigenvalue weighted by molar-refractivity contribution is 9.10. The molecule has 0 radical (unpaired) electrons. The Balaban J connectivity index is 2.17. The third kappa shape index (κ3) is 3.04. The quantitative estimate of drug-likeness (QED) is 0.894. The van der Waals surface area contributed by atoms with Gasteiger partial charge < -0.3 is 11.1 Å². The fourth-order valence-electron chi connectivity index (χ4n) is 1.34. The molecule has 3 N–H and O–H groups in total. The van der Waals surface area contributed by atoms with Gasteiger partial charge in [-0.2, -0.15) is 0 Å². The molecule has 0 fully saturated rings. The number of amides is 1. The number of hydrogen-bond acceptors (Lipinski definition) is 3. The van der Waals surface area contributed by atoms with E-state index in [-0.39, 0.29) is 5.91 Å². The summed E-state index contributed by atoms with van der Waals surface area (Å²) in [7, 11) is 0. The van der Waals surface area contributed by atoms with E-state index in [1.807, 2.05) is 18.2 Å². The average Bonchev–Trinajstić information content (AvgIpc) is 2.29. The van der Waals surface area contributed by atoms with Crippen LogP contribution in [0.1, 0.15) is 10.5 Å². The van der Waals surface area contributed by atoms with Gasteiger partial charge in [-0.1, -0.05) is 28.1 Å². The standard InChI is InChI=1S/C12H10BrN3O/c13-8-3-1-4-9(7-8)15-12(17)10-5-2-6-11(14)16-10/h1-7H,(H2,14,16)(H,15,17). The van der Waals surface area contributed by atoms with Crippen molar-refractivity contribution < 1.29 is 4.79 Å². The molecule has 2 aromatic rings. The van der Waals surface area contributed by atoms with Crippen LogP contribution in [0.5, 0.6) is 0 Å². The Labute approximate surface area is 107 Å². The van der Waals surface area contributed by atoms with Crippen LogP contribution in [0.4, 0.5) is 11.5 Å². The van der Waals surface area contributed by atoms with E-state index >= 15 is 0 Å². The van der Waals surface area contributed by atoms with Gasteiger partial charge in [0.2, 0.25) is 0 Å². The van der Waals surface area contributed by atoms with Crippen molar-refractivity contribution in [3.8, 4) is 0 Å². The molecule has 86 valence electrons. The summed E-state index contributed by atoms with van der Waals surface area (Å²) in [5.74, 6) is 0.0438. The molecule has 0 atom stereocenters. The topological polar surface area (TPSA) is 68.0 Å². The fraction of sp³-hybridized carbons (Fsp3) is 0. The molecule has 0 aliphatic rings. The zero-order valence-electron chi connectivity index (χ0n) is 8.85. The van der Waals surface area contributed by atoms with Crippen LogP contribution in [-0.4, -0.2) is 10.9 Å². The van der Waals surface area contributed by atoms with E-state index in [1.54, 1.807) is 24.3 Å². The highest BCUT2D eigenvalue weighted by Gasteiger charge is 2.07. The van der Waals surface area contributed by atoms with Crippen LogP contribution in [0.2, 0.25) is 0 Å². The van der Waals surface area contributed by atoms with Crippen LogP contribution >= 0.6 is 15.9 Å². The normalized spacial score (nSPS) is 9.94. The van der Waals surface area contributed by atoms with E-state index in [1.165, 1.54) is 0 Å². The molecule has 5 heteroatoms. The van der Waals surface area contributed by atoms with Crippen molar-refractivity contribution in [1.29, 1.82) is 0 Å². The number of anilines is 2. The molecule has 0 aliphatic carbocycles. The largest absolute Gasteiger partial charge is 0.384 e. The molecule has 4 nitrogen and oxygen atoms in total. The number of benzene rings is 1. The highest BCUT2D eigenvalue weighted by Crippen LogP contribution is 2.16. The van der Waals surface area contributed by atoms with Crippen LogP contribution in [-0.2, 0) is 0 Å². The second-order valence-corrected chi connectivity index (χ2v) is 4.33. The maximum absolute atomic E-state index is 11.8. The molecule has 1 heterocycles. The Morgan fingerprint density at radius 2 is 2.00 bits per heavy atom. The van der Waals surface area contributed by atoms with Gasteiger partial charge >= 0.3 is 0 Å². The molecule has 1 aromatic carbocycles. The Morgan fingerprint density at radius 3 is 2.71 bits per heavy atom. The van der Waals surface area contributed by atoms with Crippen molar-refractivity contribution in [2.75, 3.05) is 11.1 Å². The Morgan fingerprint density at radius 1 is 1.24 bits per heavy atom. The second-order valence-electron chi connectivity index (χ2n) is 3.41. The molecule has 0 aliphatic heterocycles. The number of rotatable bonds is 2.